The molecule has 1 aromatic carbocycles. The minimum Gasteiger partial charge on any atom is 0 e. The van der Waals surface area contributed by atoms with Gasteiger partial charge in [0.1, 0.15) is 0 Å². The van der Waals surface area contributed by atoms with Crippen LogP contribution in [0.5, 0.6) is 0 Å². The molecule has 0 amide bonds. The maximum absolute atomic E-state index is 8.28. The van der Waals surface area contributed by atoms with E-state index in [0.717, 1.165) is 5.56 Å². The molecule has 0 fully saturated rings. The number of hydrogen-bond donors (Lipinski definition) is 0. The molecule has 6 heteroatoms. The van der Waals surface area contributed by atoms with Gasteiger partial charge in [0.25, 0.3) is 0 Å². The molecule has 0 bridgehead atoms. The third-order valence-corrected chi connectivity index (χ3v) is 2.02. The second-order valence-corrected chi connectivity index (χ2v) is 3.37. The summed E-state index contributed by atoms with van der Waals surface area (Å²) in [5.41, 5.74) is 1.16. The molecule has 1 rings (SSSR count). The predicted octanol–water partition coefficient (Wildman–Crippen LogP) is 2.82. The average molecular weight is 353 g/mol. The van der Waals surface area contributed by atoms with Crippen LogP contribution in [0.4, 0.5) is 0 Å². The summed E-state index contributed by atoms with van der Waals surface area (Å²) in [5.74, 6) is 0. The number of rotatable bonds is 7. The summed E-state index contributed by atoms with van der Waals surface area (Å²) in [6, 6.07) is 12.0. The molecule has 0 unspecified atom stereocenters. The van der Waals surface area contributed by atoms with Crippen molar-refractivity contribution in [2.75, 3.05) is 0 Å². The minimum absolute atomic E-state index is 0. The van der Waals surface area contributed by atoms with Crippen molar-refractivity contribution in [2.45, 2.75) is 19.6 Å². The van der Waals surface area contributed by atoms with E-state index in [1.807, 2.05) is 56.2 Å². The van der Waals surface area contributed by atoms with Gasteiger partial charge < -0.3 is 4.74 Å². The molecule has 0 N–H and O–H groups in total. The Morgan fingerprint density at radius 3 is 2.09 bits per heavy atom. The zero-order valence-corrected chi connectivity index (χ0v) is 13.5. The maximum Gasteiger partial charge on any atom is 0 e. The van der Waals surface area contributed by atoms with Gasteiger partial charge in [0.15, 0.2) is 0 Å². The van der Waals surface area contributed by atoms with Crippen LogP contribution < -0.4 is 0 Å². The summed E-state index contributed by atoms with van der Waals surface area (Å²) in [6.45, 7) is 16.1. The molecule has 4 radical (unpaired) electrons. The van der Waals surface area contributed by atoms with Crippen LogP contribution in [0.2, 0.25) is 0 Å². The standard InChI is InChI=1S/C14H15NO.3CO.Fe/c1-13(8-4-3-7-11-15)16-12-14-9-5-2-6-10-14;3*1-2;/h2-10,13H,12H2,1H3;;;;/t13-;;;;/m1..../s1. The second kappa shape index (κ2) is 28.6. The average Bonchev–Trinajstić information content (AvgIpc) is 2.63. The topological polar surface area (TPSA) is 92.7 Å². The van der Waals surface area contributed by atoms with Crippen LogP contribution >= 0.6 is 0 Å². The van der Waals surface area contributed by atoms with E-state index in [1.54, 1.807) is 6.42 Å². The van der Waals surface area contributed by atoms with Crippen LogP contribution in [0.3, 0.4) is 0 Å². The van der Waals surface area contributed by atoms with Crippen molar-refractivity contribution in [1.82, 2.24) is 0 Å². The quantitative estimate of drug-likeness (QED) is 0.326. The molecule has 1 atom stereocenters. The van der Waals surface area contributed by atoms with Crippen LogP contribution in [0.15, 0.2) is 30.3 Å². The Hall–Kier alpha value is -1.59. The fourth-order valence-electron chi connectivity index (χ4n) is 1.18. The number of hydrogen-bond acceptors (Lipinski definition) is 2. The Kier molecular flexibility index (Phi) is 36.5. The molecule has 0 aliphatic carbocycles. The zero-order valence-electron chi connectivity index (χ0n) is 12.4. The smallest absolute Gasteiger partial charge is 0 e. The Morgan fingerprint density at radius 2 is 1.61 bits per heavy atom. The number of nitrogens with zero attached hydrogens (tertiary/aromatic N) is 1. The maximum atomic E-state index is 8.28. The molecule has 0 aliphatic heterocycles. The van der Waals surface area contributed by atoms with Crippen LogP contribution in [-0.4, -0.2) is 6.10 Å². The molecular formula is C17H15FeNO4. The number of benzene rings is 1. The van der Waals surface area contributed by atoms with Gasteiger partial charge >= 0.3 is 33.9 Å². The number of ether oxygens (including phenoxy) is 1. The second-order valence-electron chi connectivity index (χ2n) is 3.37. The molecule has 0 heterocycles. The van der Waals surface area contributed by atoms with Crippen molar-refractivity contribution < 1.29 is 35.8 Å². The molecule has 0 spiro atoms. The first-order valence-corrected chi connectivity index (χ1v) is 5.82. The molecule has 0 saturated heterocycles. The normalized spacial score (nSPS) is 8.61. The molecule has 0 saturated carbocycles. The predicted molar refractivity (Wildman–Crippen MR) is 75.3 cm³/mol. The van der Waals surface area contributed by atoms with Gasteiger partial charge in [-0.2, -0.15) is 5.26 Å². The monoisotopic (exact) mass is 353 g/mol. The minimum atomic E-state index is 0. The summed E-state index contributed by atoms with van der Waals surface area (Å²) in [4.78, 5) is 0. The van der Waals surface area contributed by atoms with Crippen LogP contribution in [-0.2, 0) is 42.4 Å². The van der Waals surface area contributed by atoms with E-state index in [2.05, 4.69) is 20.0 Å². The van der Waals surface area contributed by atoms with Crippen molar-refractivity contribution >= 4 is 0 Å². The van der Waals surface area contributed by atoms with Gasteiger partial charge in [-0.1, -0.05) is 30.3 Å². The first kappa shape index (κ1) is 29.4. The van der Waals surface area contributed by atoms with E-state index in [9.17, 15) is 0 Å². The van der Waals surface area contributed by atoms with Gasteiger partial charge in [0.05, 0.1) is 25.2 Å². The molecule has 0 aliphatic rings. The van der Waals surface area contributed by atoms with Gasteiger partial charge in [0.2, 0.25) is 0 Å². The van der Waals surface area contributed by atoms with E-state index >= 15 is 0 Å². The Labute approximate surface area is 148 Å². The molecule has 23 heavy (non-hydrogen) atoms. The van der Waals surface area contributed by atoms with E-state index in [4.69, 9.17) is 24.0 Å². The fraction of sp³-hybridized carbons (Fsp3) is 0.176. The molecule has 120 valence electrons. The van der Waals surface area contributed by atoms with Gasteiger partial charge in [-0.25, -0.2) is 0 Å². The van der Waals surface area contributed by atoms with Gasteiger partial charge in [-0.15, -0.1) is 0 Å². The first-order valence-electron chi connectivity index (χ1n) is 5.82. The molecule has 1 aromatic rings. The van der Waals surface area contributed by atoms with Crippen molar-refractivity contribution in [3.63, 3.8) is 0 Å². The van der Waals surface area contributed by atoms with Gasteiger partial charge in [-0.05, 0) is 31.7 Å². The SMILES string of the molecule is C[C@H]([CH][CH][CH][CH]C#N)OCc1ccccc1.[C-]#[O+].[C-]#[O+].[C-]#[O+].[Fe]. The largest absolute Gasteiger partial charge is 0 e. The van der Waals surface area contributed by atoms with Gasteiger partial charge in [0, 0.05) is 17.1 Å². The van der Waals surface area contributed by atoms with Crippen LogP contribution in [0.1, 0.15) is 12.5 Å². The third kappa shape index (κ3) is 22.8. The summed E-state index contributed by atoms with van der Waals surface area (Å²) in [6.07, 6.45) is 6.90. The zero-order chi connectivity index (χ0) is 17.6. The Bertz CT molecular complexity index is 423. The van der Waals surface area contributed by atoms with Gasteiger partial charge in [-0.3, -0.25) is 0 Å². The Morgan fingerprint density at radius 1 is 1.09 bits per heavy atom. The van der Waals surface area contributed by atoms with Crippen molar-refractivity contribution in [3.8, 4) is 6.07 Å². The number of nitriles is 1. The van der Waals surface area contributed by atoms with Crippen molar-refractivity contribution in [1.29, 1.82) is 5.26 Å². The summed E-state index contributed by atoms with van der Waals surface area (Å²) in [7, 11) is 0. The summed E-state index contributed by atoms with van der Waals surface area (Å²) >= 11 is 0. The third-order valence-electron chi connectivity index (χ3n) is 2.02. The molecular weight excluding hydrogens is 338 g/mol. The van der Waals surface area contributed by atoms with Crippen LogP contribution in [0, 0.1) is 57.0 Å². The Balaban J connectivity index is -0.000000231. The van der Waals surface area contributed by atoms with E-state index in [-0.39, 0.29) is 23.2 Å². The fourth-order valence-corrected chi connectivity index (χ4v) is 1.18. The number of unbranched alkanes of at least 4 members (excludes halogenated alkanes) is 2. The van der Waals surface area contributed by atoms with Crippen LogP contribution in [0.25, 0.3) is 0 Å². The molecule has 5 nitrogen and oxygen atoms in total. The van der Waals surface area contributed by atoms with E-state index in [1.165, 1.54) is 6.42 Å². The molecule has 0 aromatic heterocycles. The van der Waals surface area contributed by atoms with Crippen molar-refractivity contribution in [3.05, 3.63) is 81.5 Å². The first-order chi connectivity index (χ1) is 10.8. The van der Waals surface area contributed by atoms with E-state index < -0.39 is 0 Å². The summed E-state index contributed by atoms with van der Waals surface area (Å²) in [5, 5.41) is 8.28. The van der Waals surface area contributed by atoms with Crippen molar-refractivity contribution in [2.24, 2.45) is 0 Å². The summed E-state index contributed by atoms with van der Waals surface area (Å²) < 4.78 is 28.1. The van der Waals surface area contributed by atoms with E-state index in [0.29, 0.717) is 6.61 Å².